The minimum atomic E-state index is -4.70. The molecule has 0 saturated heterocycles. The van der Waals surface area contributed by atoms with Gasteiger partial charge in [0.05, 0.1) is 0 Å². The number of aliphatic hydroxyl groups is 1. The third-order valence-corrected chi connectivity index (χ3v) is 3.79. The first kappa shape index (κ1) is 21.1. The fraction of sp³-hybridized carbons (Fsp3) is 0.400. The van der Waals surface area contributed by atoms with Crippen molar-refractivity contribution in [3.05, 3.63) is 59.7 Å². The highest BCUT2D eigenvalue weighted by molar-refractivity contribution is 5.35. The summed E-state index contributed by atoms with van der Waals surface area (Å²) in [4.78, 5) is 1.87. The van der Waals surface area contributed by atoms with E-state index >= 15 is 0 Å². The van der Waals surface area contributed by atoms with Gasteiger partial charge in [0.2, 0.25) is 0 Å². The summed E-state index contributed by atoms with van der Waals surface area (Å²) < 4.78 is 46.7. The van der Waals surface area contributed by atoms with E-state index < -0.39 is 12.5 Å². The quantitative estimate of drug-likeness (QED) is 0.718. The van der Waals surface area contributed by atoms with Crippen LogP contribution in [0.1, 0.15) is 11.1 Å². The van der Waals surface area contributed by atoms with Crippen LogP contribution >= 0.6 is 0 Å². The molecule has 1 N–H and O–H groups in total. The van der Waals surface area contributed by atoms with E-state index in [1.165, 1.54) is 18.2 Å². The normalized spacial score (nSPS) is 12.9. The molecule has 0 bridgehead atoms. The number of halogens is 3. The molecule has 2 aromatic rings. The number of benzene rings is 2. The summed E-state index contributed by atoms with van der Waals surface area (Å²) in [6.45, 7) is 0.665. The van der Waals surface area contributed by atoms with Crippen molar-refractivity contribution in [2.24, 2.45) is 0 Å². The Morgan fingerprint density at radius 2 is 1.78 bits per heavy atom. The summed E-state index contributed by atoms with van der Waals surface area (Å²) in [5, 5.41) is 9.93. The molecule has 1 unspecified atom stereocenters. The van der Waals surface area contributed by atoms with Crippen molar-refractivity contribution in [1.29, 1.82) is 0 Å². The average Bonchev–Trinajstić information content (AvgIpc) is 2.57. The Morgan fingerprint density at radius 3 is 2.48 bits per heavy atom. The maximum atomic E-state index is 12.3. The second-order valence-electron chi connectivity index (χ2n) is 6.53. The number of rotatable bonds is 9. The predicted molar refractivity (Wildman–Crippen MR) is 97.0 cm³/mol. The lowest BCUT2D eigenvalue weighted by Crippen LogP contribution is -2.30. The molecule has 0 radical (unpaired) electrons. The van der Waals surface area contributed by atoms with Gasteiger partial charge in [0.1, 0.15) is 24.2 Å². The van der Waals surface area contributed by atoms with E-state index in [2.05, 4.69) is 4.74 Å². The molecule has 0 amide bonds. The van der Waals surface area contributed by atoms with Gasteiger partial charge in [-0.05, 0) is 56.3 Å². The third-order valence-electron chi connectivity index (χ3n) is 3.79. The number of hydrogen-bond donors (Lipinski definition) is 1. The Kier molecular flexibility index (Phi) is 7.50. The van der Waals surface area contributed by atoms with E-state index in [-0.39, 0.29) is 12.4 Å². The molecule has 148 valence electrons. The molecule has 0 fully saturated rings. The molecule has 1 atom stereocenters. The van der Waals surface area contributed by atoms with E-state index in [0.717, 1.165) is 11.1 Å². The SMILES string of the molecule is CN(C)CC(O)COc1ccccc1CCc1cccc(OC(F)(F)F)c1. The summed E-state index contributed by atoms with van der Waals surface area (Å²) in [5.74, 6) is 0.439. The van der Waals surface area contributed by atoms with Crippen LogP contribution in [0, 0.1) is 0 Å². The first-order valence-corrected chi connectivity index (χ1v) is 8.61. The summed E-state index contributed by atoms with van der Waals surface area (Å²) in [6, 6.07) is 13.4. The predicted octanol–water partition coefficient (Wildman–Crippen LogP) is 3.67. The zero-order valence-electron chi connectivity index (χ0n) is 15.4. The number of aliphatic hydroxyl groups excluding tert-OH is 1. The summed E-state index contributed by atoms with van der Waals surface area (Å²) in [6.07, 6.45) is -4.18. The van der Waals surface area contributed by atoms with E-state index in [4.69, 9.17) is 4.74 Å². The fourth-order valence-corrected chi connectivity index (χ4v) is 2.69. The lowest BCUT2D eigenvalue weighted by Gasteiger charge is -2.18. The summed E-state index contributed by atoms with van der Waals surface area (Å²) >= 11 is 0. The van der Waals surface area contributed by atoms with Gasteiger partial charge in [0.15, 0.2) is 0 Å². The number of ether oxygens (including phenoxy) is 2. The van der Waals surface area contributed by atoms with Crippen molar-refractivity contribution in [2.45, 2.75) is 25.3 Å². The second kappa shape index (κ2) is 9.62. The first-order valence-electron chi connectivity index (χ1n) is 8.61. The van der Waals surface area contributed by atoms with Crippen LogP contribution in [0.4, 0.5) is 13.2 Å². The zero-order chi connectivity index (χ0) is 19.9. The Balaban J connectivity index is 1.97. The first-order chi connectivity index (χ1) is 12.7. The monoisotopic (exact) mass is 383 g/mol. The van der Waals surface area contributed by atoms with E-state index in [1.807, 2.05) is 43.3 Å². The molecular formula is C20H24F3NO3. The van der Waals surface area contributed by atoms with Crippen molar-refractivity contribution in [3.8, 4) is 11.5 Å². The van der Waals surface area contributed by atoms with Crippen LogP contribution in [0.3, 0.4) is 0 Å². The molecule has 27 heavy (non-hydrogen) atoms. The van der Waals surface area contributed by atoms with E-state index in [9.17, 15) is 18.3 Å². The molecule has 0 heterocycles. The van der Waals surface area contributed by atoms with Crippen molar-refractivity contribution in [1.82, 2.24) is 4.90 Å². The van der Waals surface area contributed by atoms with Crippen molar-refractivity contribution in [3.63, 3.8) is 0 Å². The number of likely N-dealkylation sites (N-methyl/N-ethyl adjacent to an activating group) is 1. The lowest BCUT2D eigenvalue weighted by atomic mass is 10.0. The summed E-state index contributed by atoms with van der Waals surface area (Å²) in [5.41, 5.74) is 1.66. The molecule has 0 aliphatic heterocycles. The third kappa shape index (κ3) is 7.88. The smallest absolute Gasteiger partial charge is 0.491 e. The Morgan fingerprint density at radius 1 is 1.04 bits per heavy atom. The molecular weight excluding hydrogens is 359 g/mol. The Bertz CT molecular complexity index is 720. The molecule has 4 nitrogen and oxygen atoms in total. The van der Waals surface area contributed by atoms with Gasteiger partial charge in [0.25, 0.3) is 0 Å². The highest BCUT2D eigenvalue weighted by atomic mass is 19.4. The number of hydrogen-bond acceptors (Lipinski definition) is 4. The van der Waals surface area contributed by atoms with Crippen LogP contribution in [0.2, 0.25) is 0 Å². The molecule has 2 aromatic carbocycles. The van der Waals surface area contributed by atoms with E-state index in [0.29, 0.717) is 25.1 Å². The van der Waals surface area contributed by atoms with Gasteiger partial charge in [0, 0.05) is 6.54 Å². The highest BCUT2D eigenvalue weighted by Crippen LogP contribution is 2.25. The second-order valence-corrected chi connectivity index (χ2v) is 6.53. The summed E-state index contributed by atoms with van der Waals surface area (Å²) in [7, 11) is 3.74. The molecule has 0 aliphatic rings. The van der Waals surface area contributed by atoms with Gasteiger partial charge in [-0.3, -0.25) is 0 Å². The van der Waals surface area contributed by atoms with Crippen LogP contribution in [-0.4, -0.2) is 49.7 Å². The van der Waals surface area contributed by atoms with Crippen LogP contribution in [-0.2, 0) is 12.8 Å². The molecule has 7 heteroatoms. The van der Waals surface area contributed by atoms with E-state index in [1.54, 1.807) is 6.07 Å². The highest BCUT2D eigenvalue weighted by Gasteiger charge is 2.31. The minimum Gasteiger partial charge on any atom is -0.491 e. The molecule has 0 aliphatic carbocycles. The van der Waals surface area contributed by atoms with Crippen molar-refractivity contribution >= 4 is 0 Å². The zero-order valence-corrected chi connectivity index (χ0v) is 15.4. The number of para-hydroxylation sites is 1. The lowest BCUT2D eigenvalue weighted by molar-refractivity contribution is -0.274. The van der Waals surface area contributed by atoms with Crippen LogP contribution in [0.25, 0.3) is 0 Å². The topological polar surface area (TPSA) is 41.9 Å². The van der Waals surface area contributed by atoms with Crippen molar-refractivity contribution < 1.29 is 27.8 Å². The van der Waals surface area contributed by atoms with Gasteiger partial charge in [-0.25, -0.2) is 0 Å². The van der Waals surface area contributed by atoms with Crippen LogP contribution in [0.15, 0.2) is 48.5 Å². The molecule has 2 rings (SSSR count). The largest absolute Gasteiger partial charge is 0.573 e. The molecule has 0 spiro atoms. The maximum Gasteiger partial charge on any atom is 0.573 e. The molecule has 0 saturated carbocycles. The Hall–Kier alpha value is -2.25. The van der Waals surface area contributed by atoms with Crippen LogP contribution < -0.4 is 9.47 Å². The minimum absolute atomic E-state index is 0.171. The average molecular weight is 383 g/mol. The van der Waals surface area contributed by atoms with Gasteiger partial charge in [-0.15, -0.1) is 13.2 Å². The van der Waals surface area contributed by atoms with Gasteiger partial charge >= 0.3 is 6.36 Å². The van der Waals surface area contributed by atoms with Gasteiger partial charge in [-0.2, -0.15) is 0 Å². The number of aryl methyl sites for hydroxylation is 2. The fourth-order valence-electron chi connectivity index (χ4n) is 2.69. The van der Waals surface area contributed by atoms with Gasteiger partial charge < -0.3 is 19.5 Å². The van der Waals surface area contributed by atoms with Crippen LogP contribution in [0.5, 0.6) is 11.5 Å². The number of nitrogens with zero attached hydrogens (tertiary/aromatic N) is 1. The molecule has 0 aromatic heterocycles. The Labute approximate surface area is 157 Å². The number of alkyl halides is 3. The van der Waals surface area contributed by atoms with Gasteiger partial charge in [-0.1, -0.05) is 30.3 Å². The van der Waals surface area contributed by atoms with Crippen molar-refractivity contribution in [2.75, 3.05) is 27.2 Å². The standard InChI is InChI=1S/C20H24F3NO3/c1-24(2)13-17(25)14-26-19-9-4-3-7-16(19)11-10-15-6-5-8-18(12-15)27-20(21,22)23/h3-9,12,17,25H,10-11,13-14H2,1-2H3. The maximum absolute atomic E-state index is 12.3.